The molecule has 1 aliphatic heterocycles. The van der Waals surface area contributed by atoms with Crippen molar-refractivity contribution in [3.05, 3.63) is 65.7 Å². The number of benzene rings is 2. The standard InChI is InChI=1S/C25H35N3O3/c1-2-26-24(28-19-25(13-16-29)14-17-30-20-25)27-15-12-21-8-10-23(11-9-21)31-18-22-6-4-3-5-7-22/h3-11,29H,2,12-20H2,1H3,(H2,26,27,28). The maximum Gasteiger partial charge on any atom is 0.191 e. The predicted octanol–water partition coefficient (Wildman–Crippen LogP) is 3.15. The lowest BCUT2D eigenvalue weighted by Crippen LogP contribution is -2.39. The Morgan fingerprint density at radius 3 is 2.58 bits per heavy atom. The van der Waals surface area contributed by atoms with E-state index in [1.54, 1.807) is 0 Å². The van der Waals surface area contributed by atoms with Crippen molar-refractivity contribution in [3.8, 4) is 5.75 Å². The monoisotopic (exact) mass is 425 g/mol. The van der Waals surface area contributed by atoms with Gasteiger partial charge in [-0.05, 0) is 49.4 Å². The van der Waals surface area contributed by atoms with Crippen LogP contribution in [0.15, 0.2) is 59.6 Å². The van der Waals surface area contributed by atoms with Crippen LogP contribution in [-0.2, 0) is 17.8 Å². The summed E-state index contributed by atoms with van der Waals surface area (Å²) in [5.41, 5.74) is 2.37. The predicted molar refractivity (Wildman–Crippen MR) is 124 cm³/mol. The molecule has 6 heteroatoms. The second kappa shape index (κ2) is 12.3. The number of aliphatic imine (C=N–C) groups is 1. The van der Waals surface area contributed by atoms with Gasteiger partial charge >= 0.3 is 0 Å². The topological polar surface area (TPSA) is 75.1 Å². The average molecular weight is 426 g/mol. The summed E-state index contributed by atoms with van der Waals surface area (Å²) in [6, 6.07) is 18.4. The molecule has 0 aromatic heterocycles. The number of nitrogens with zero attached hydrogens (tertiary/aromatic N) is 1. The van der Waals surface area contributed by atoms with Gasteiger partial charge in [-0.15, -0.1) is 0 Å². The minimum atomic E-state index is -0.0350. The number of aliphatic hydroxyl groups excluding tert-OH is 1. The molecule has 1 heterocycles. The van der Waals surface area contributed by atoms with E-state index in [-0.39, 0.29) is 12.0 Å². The fourth-order valence-electron chi connectivity index (χ4n) is 3.69. The van der Waals surface area contributed by atoms with Crippen molar-refractivity contribution in [2.75, 3.05) is 39.5 Å². The van der Waals surface area contributed by atoms with Gasteiger partial charge in [0.1, 0.15) is 12.4 Å². The average Bonchev–Trinajstić information content (AvgIpc) is 3.26. The first kappa shape index (κ1) is 23.1. The van der Waals surface area contributed by atoms with E-state index in [9.17, 15) is 5.11 Å². The van der Waals surface area contributed by atoms with E-state index in [1.807, 2.05) is 30.3 Å². The van der Waals surface area contributed by atoms with Gasteiger partial charge in [0.25, 0.3) is 0 Å². The zero-order chi connectivity index (χ0) is 21.8. The highest BCUT2D eigenvalue weighted by atomic mass is 16.5. The van der Waals surface area contributed by atoms with Gasteiger partial charge in [0, 0.05) is 31.7 Å². The van der Waals surface area contributed by atoms with Crippen LogP contribution in [0.25, 0.3) is 0 Å². The highest BCUT2D eigenvalue weighted by Crippen LogP contribution is 2.32. The van der Waals surface area contributed by atoms with Gasteiger partial charge in [0.2, 0.25) is 0 Å². The van der Waals surface area contributed by atoms with Crippen LogP contribution >= 0.6 is 0 Å². The fraction of sp³-hybridized carbons (Fsp3) is 0.480. The SMILES string of the molecule is CCNC(=NCC1(CCO)CCOC1)NCCc1ccc(OCc2ccccc2)cc1. The van der Waals surface area contributed by atoms with E-state index in [0.717, 1.165) is 56.2 Å². The van der Waals surface area contributed by atoms with E-state index < -0.39 is 0 Å². The summed E-state index contributed by atoms with van der Waals surface area (Å²) in [7, 11) is 0. The number of rotatable bonds is 11. The number of hydrogen-bond donors (Lipinski definition) is 3. The van der Waals surface area contributed by atoms with Crippen LogP contribution in [0.1, 0.15) is 30.9 Å². The minimum Gasteiger partial charge on any atom is -0.489 e. The highest BCUT2D eigenvalue weighted by molar-refractivity contribution is 5.79. The molecule has 1 atom stereocenters. The van der Waals surface area contributed by atoms with Gasteiger partial charge in [-0.25, -0.2) is 0 Å². The Morgan fingerprint density at radius 1 is 1.10 bits per heavy atom. The zero-order valence-electron chi connectivity index (χ0n) is 18.5. The second-order valence-electron chi connectivity index (χ2n) is 8.07. The molecule has 31 heavy (non-hydrogen) atoms. The van der Waals surface area contributed by atoms with Crippen LogP contribution in [0.4, 0.5) is 0 Å². The van der Waals surface area contributed by atoms with Crippen molar-refractivity contribution in [2.24, 2.45) is 10.4 Å². The highest BCUT2D eigenvalue weighted by Gasteiger charge is 2.34. The molecule has 2 aromatic rings. The van der Waals surface area contributed by atoms with Crippen LogP contribution in [0, 0.1) is 5.41 Å². The van der Waals surface area contributed by atoms with Crippen LogP contribution in [-0.4, -0.2) is 50.5 Å². The van der Waals surface area contributed by atoms with E-state index in [4.69, 9.17) is 14.5 Å². The summed E-state index contributed by atoms with van der Waals surface area (Å²) in [5.74, 6) is 1.69. The molecule has 0 spiro atoms. The largest absolute Gasteiger partial charge is 0.489 e. The number of aliphatic hydroxyl groups is 1. The molecule has 0 radical (unpaired) electrons. The van der Waals surface area contributed by atoms with Gasteiger partial charge in [-0.1, -0.05) is 42.5 Å². The molecular formula is C25H35N3O3. The number of guanidine groups is 1. The fourth-order valence-corrected chi connectivity index (χ4v) is 3.69. The van der Waals surface area contributed by atoms with E-state index in [0.29, 0.717) is 19.8 Å². The van der Waals surface area contributed by atoms with Gasteiger partial charge < -0.3 is 25.2 Å². The lowest BCUT2D eigenvalue weighted by Gasteiger charge is -2.24. The lowest BCUT2D eigenvalue weighted by atomic mass is 9.84. The molecule has 1 aliphatic rings. The van der Waals surface area contributed by atoms with Crippen LogP contribution < -0.4 is 15.4 Å². The van der Waals surface area contributed by atoms with E-state index in [2.05, 4.69) is 41.8 Å². The molecular weight excluding hydrogens is 390 g/mol. The lowest BCUT2D eigenvalue weighted by molar-refractivity contribution is 0.131. The number of nitrogens with one attached hydrogen (secondary N) is 2. The first-order chi connectivity index (χ1) is 15.2. The molecule has 1 fully saturated rings. The Kier molecular flexibility index (Phi) is 9.18. The smallest absolute Gasteiger partial charge is 0.191 e. The maximum absolute atomic E-state index is 9.39. The second-order valence-corrected chi connectivity index (χ2v) is 8.07. The molecule has 2 aromatic carbocycles. The molecule has 0 amide bonds. The summed E-state index contributed by atoms with van der Waals surface area (Å²) >= 11 is 0. The molecule has 3 rings (SSSR count). The van der Waals surface area contributed by atoms with E-state index >= 15 is 0 Å². The van der Waals surface area contributed by atoms with Gasteiger partial charge in [0.05, 0.1) is 13.2 Å². The number of hydrogen-bond acceptors (Lipinski definition) is 4. The molecule has 0 bridgehead atoms. The molecule has 6 nitrogen and oxygen atoms in total. The molecule has 0 aliphatic carbocycles. The number of ether oxygens (including phenoxy) is 2. The Labute approximate surface area is 185 Å². The van der Waals surface area contributed by atoms with Crippen molar-refractivity contribution < 1.29 is 14.6 Å². The van der Waals surface area contributed by atoms with Gasteiger partial charge in [-0.3, -0.25) is 4.99 Å². The van der Waals surface area contributed by atoms with Crippen LogP contribution in [0.2, 0.25) is 0 Å². The van der Waals surface area contributed by atoms with Crippen molar-refractivity contribution in [3.63, 3.8) is 0 Å². The Hall–Kier alpha value is -2.57. The zero-order valence-corrected chi connectivity index (χ0v) is 18.5. The third kappa shape index (κ3) is 7.56. The van der Waals surface area contributed by atoms with E-state index in [1.165, 1.54) is 5.56 Å². The summed E-state index contributed by atoms with van der Waals surface area (Å²) < 4.78 is 11.4. The Balaban J connectivity index is 1.45. The summed E-state index contributed by atoms with van der Waals surface area (Å²) in [4.78, 5) is 4.77. The Bertz CT molecular complexity index is 787. The van der Waals surface area contributed by atoms with Crippen molar-refractivity contribution in [1.29, 1.82) is 0 Å². The third-order valence-corrected chi connectivity index (χ3v) is 5.62. The van der Waals surface area contributed by atoms with Crippen molar-refractivity contribution >= 4 is 5.96 Å². The molecule has 1 unspecified atom stereocenters. The molecule has 168 valence electrons. The Morgan fingerprint density at radius 2 is 1.90 bits per heavy atom. The van der Waals surface area contributed by atoms with Crippen molar-refractivity contribution in [2.45, 2.75) is 32.8 Å². The summed E-state index contributed by atoms with van der Waals surface area (Å²) in [6.07, 6.45) is 2.58. The maximum atomic E-state index is 9.39. The van der Waals surface area contributed by atoms with Crippen molar-refractivity contribution in [1.82, 2.24) is 10.6 Å². The first-order valence-corrected chi connectivity index (χ1v) is 11.2. The van der Waals surface area contributed by atoms with Crippen LogP contribution in [0.3, 0.4) is 0 Å². The summed E-state index contributed by atoms with van der Waals surface area (Å²) in [5, 5.41) is 16.1. The quantitative estimate of drug-likeness (QED) is 0.381. The van der Waals surface area contributed by atoms with Gasteiger partial charge in [-0.2, -0.15) is 0 Å². The van der Waals surface area contributed by atoms with Gasteiger partial charge in [0.15, 0.2) is 5.96 Å². The molecule has 3 N–H and O–H groups in total. The summed E-state index contributed by atoms with van der Waals surface area (Å²) in [6.45, 7) is 6.51. The molecule has 0 saturated carbocycles. The minimum absolute atomic E-state index is 0.0350. The normalized spacial score (nSPS) is 18.7. The molecule has 1 saturated heterocycles. The van der Waals surface area contributed by atoms with Crippen LogP contribution in [0.5, 0.6) is 5.75 Å². The third-order valence-electron chi connectivity index (χ3n) is 5.62. The first-order valence-electron chi connectivity index (χ1n) is 11.2.